The molecule has 0 spiro atoms. The van der Waals surface area contributed by atoms with E-state index in [0.29, 0.717) is 31.2 Å². The zero-order valence-electron chi connectivity index (χ0n) is 15.9. The number of rotatable bonds is 9. The lowest BCUT2D eigenvalue weighted by molar-refractivity contribution is -0.142. The standard InChI is InChI=1S/C19H27N3O4S/c1-22(2)17-11-6-9-15-14(17)8-7-12-18(15)27(24,25)21-16(19(23)26-3)10-4-5-13-20/h6-9,11-12,16,21H,4-5,10,13,20H2,1-3H3/t16-/m0/s1. The summed E-state index contributed by atoms with van der Waals surface area (Å²) in [5.74, 6) is -0.607. The number of benzene rings is 2. The molecule has 0 unspecified atom stereocenters. The van der Waals surface area contributed by atoms with Crippen LogP contribution in [-0.4, -0.2) is 48.2 Å². The number of fused-ring (bicyclic) bond motifs is 1. The number of hydrogen-bond acceptors (Lipinski definition) is 6. The van der Waals surface area contributed by atoms with E-state index in [9.17, 15) is 13.2 Å². The maximum absolute atomic E-state index is 13.0. The van der Waals surface area contributed by atoms with Gasteiger partial charge in [0.1, 0.15) is 6.04 Å². The van der Waals surface area contributed by atoms with Crippen LogP contribution in [0.1, 0.15) is 19.3 Å². The zero-order chi connectivity index (χ0) is 20.0. The van der Waals surface area contributed by atoms with Crippen LogP contribution in [-0.2, 0) is 19.6 Å². The summed E-state index contributed by atoms with van der Waals surface area (Å²) in [7, 11) is 1.13. The lowest BCUT2D eigenvalue weighted by Crippen LogP contribution is -2.41. The third-order valence-corrected chi connectivity index (χ3v) is 5.89. The van der Waals surface area contributed by atoms with Crippen molar-refractivity contribution in [3.8, 4) is 0 Å². The molecule has 0 amide bonds. The van der Waals surface area contributed by atoms with E-state index in [1.165, 1.54) is 7.11 Å². The Morgan fingerprint density at radius 3 is 2.44 bits per heavy atom. The Morgan fingerprint density at radius 1 is 1.15 bits per heavy atom. The molecule has 0 aliphatic carbocycles. The van der Waals surface area contributed by atoms with Crippen LogP contribution >= 0.6 is 0 Å². The van der Waals surface area contributed by atoms with Crippen molar-refractivity contribution in [3.05, 3.63) is 36.4 Å². The molecule has 0 aliphatic rings. The zero-order valence-corrected chi connectivity index (χ0v) is 16.8. The minimum absolute atomic E-state index is 0.136. The third-order valence-electron chi connectivity index (χ3n) is 4.36. The first-order chi connectivity index (χ1) is 12.8. The summed E-state index contributed by atoms with van der Waals surface area (Å²) in [5.41, 5.74) is 6.40. The van der Waals surface area contributed by atoms with E-state index in [-0.39, 0.29) is 4.90 Å². The highest BCUT2D eigenvalue weighted by Crippen LogP contribution is 2.30. The van der Waals surface area contributed by atoms with Gasteiger partial charge < -0.3 is 15.4 Å². The number of nitrogens with zero attached hydrogens (tertiary/aromatic N) is 1. The molecule has 0 radical (unpaired) electrons. The van der Waals surface area contributed by atoms with Crippen LogP contribution in [0.25, 0.3) is 10.8 Å². The van der Waals surface area contributed by atoms with Crippen molar-refractivity contribution in [1.82, 2.24) is 4.72 Å². The van der Waals surface area contributed by atoms with Gasteiger partial charge in [-0.05, 0) is 31.5 Å². The second-order valence-corrected chi connectivity index (χ2v) is 8.19. The Morgan fingerprint density at radius 2 is 1.81 bits per heavy atom. The number of esters is 1. The van der Waals surface area contributed by atoms with Crippen LogP contribution in [0.3, 0.4) is 0 Å². The average molecular weight is 394 g/mol. The molecule has 148 valence electrons. The highest BCUT2D eigenvalue weighted by molar-refractivity contribution is 7.89. The van der Waals surface area contributed by atoms with Gasteiger partial charge in [0.2, 0.25) is 10.0 Å². The van der Waals surface area contributed by atoms with Gasteiger partial charge in [0.25, 0.3) is 0 Å². The Bertz CT molecular complexity index is 897. The highest BCUT2D eigenvalue weighted by Gasteiger charge is 2.27. The van der Waals surface area contributed by atoms with E-state index >= 15 is 0 Å². The monoisotopic (exact) mass is 393 g/mol. The van der Waals surface area contributed by atoms with E-state index in [1.807, 2.05) is 37.2 Å². The SMILES string of the molecule is COC(=O)[C@H](CCCCN)NS(=O)(=O)c1cccc2c(N(C)C)cccc12. The predicted octanol–water partition coefficient (Wildman–Crippen LogP) is 1.85. The number of nitrogens with one attached hydrogen (secondary N) is 1. The number of unbranched alkanes of at least 4 members (excludes halogenated alkanes) is 1. The molecule has 0 bridgehead atoms. The van der Waals surface area contributed by atoms with E-state index in [1.54, 1.807) is 18.2 Å². The summed E-state index contributed by atoms with van der Waals surface area (Å²) < 4.78 is 33.3. The molecule has 0 heterocycles. The normalized spacial score (nSPS) is 12.7. The van der Waals surface area contributed by atoms with Crippen LogP contribution in [0.5, 0.6) is 0 Å². The summed E-state index contributed by atoms with van der Waals surface area (Å²) in [5, 5.41) is 1.42. The topological polar surface area (TPSA) is 102 Å². The van der Waals surface area contributed by atoms with Crippen molar-refractivity contribution < 1.29 is 17.9 Å². The van der Waals surface area contributed by atoms with Crippen molar-refractivity contribution >= 4 is 32.5 Å². The maximum atomic E-state index is 13.0. The maximum Gasteiger partial charge on any atom is 0.323 e. The number of ether oxygens (including phenoxy) is 1. The van der Waals surface area contributed by atoms with Gasteiger partial charge in [-0.2, -0.15) is 4.72 Å². The van der Waals surface area contributed by atoms with Crippen molar-refractivity contribution in [2.75, 3.05) is 32.6 Å². The summed E-state index contributed by atoms with van der Waals surface area (Å²) in [4.78, 5) is 14.1. The van der Waals surface area contributed by atoms with Crippen molar-refractivity contribution in [3.63, 3.8) is 0 Å². The minimum atomic E-state index is -3.92. The fraction of sp³-hybridized carbons (Fsp3) is 0.421. The fourth-order valence-electron chi connectivity index (χ4n) is 3.00. The van der Waals surface area contributed by atoms with Gasteiger partial charge in [0.15, 0.2) is 0 Å². The molecule has 2 aromatic rings. The lowest BCUT2D eigenvalue weighted by atomic mass is 10.1. The van der Waals surface area contributed by atoms with E-state index in [4.69, 9.17) is 10.5 Å². The van der Waals surface area contributed by atoms with Crippen LogP contribution in [0, 0.1) is 0 Å². The summed E-state index contributed by atoms with van der Waals surface area (Å²) >= 11 is 0. The summed E-state index contributed by atoms with van der Waals surface area (Å²) in [6, 6.07) is 9.68. The van der Waals surface area contributed by atoms with Crippen LogP contribution < -0.4 is 15.4 Å². The Hall–Kier alpha value is -2.16. The molecule has 0 saturated carbocycles. The molecule has 2 rings (SSSR count). The molecule has 27 heavy (non-hydrogen) atoms. The van der Waals surface area contributed by atoms with Gasteiger partial charge in [-0.3, -0.25) is 4.79 Å². The van der Waals surface area contributed by atoms with E-state index in [0.717, 1.165) is 11.1 Å². The number of nitrogens with two attached hydrogens (primary N) is 1. The molecule has 2 aromatic carbocycles. The molecule has 0 saturated heterocycles. The Labute approximate surface area is 160 Å². The van der Waals surface area contributed by atoms with Gasteiger partial charge in [-0.1, -0.05) is 30.7 Å². The second-order valence-electron chi connectivity index (χ2n) is 6.50. The van der Waals surface area contributed by atoms with Gasteiger partial charge in [-0.15, -0.1) is 0 Å². The molecular formula is C19H27N3O4S. The molecule has 3 N–H and O–H groups in total. The van der Waals surface area contributed by atoms with Gasteiger partial charge in [-0.25, -0.2) is 8.42 Å². The number of carbonyl (C=O) groups excluding carboxylic acids is 1. The lowest BCUT2D eigenvalue weighted by Gasteiger charge is -2.19. The van der Waals surface area contributed by atoms with Crippen molar-refractivity contribution in [1.29, 1.82) is 0 Å². The molecule has 0 fully saturated rings. The van der Waals surface area contributed by atoms with E-state index in [2.05, 4.69) is 4.72 Å². The summed E-state index contributed by atoms with van der Waals surface area (Å²) in [6.45, 7) is 0.483. The first kappa shape index (κ1) is 21.1. The summed E-state index contributed by atoms with van der Waals surface area (Å²) in [6.07, 6.45) is 1.66. The number of methoxy groups -OCH3 is 1. The number of hydrogen-bond donors (Lipinski definition) is 2. The second kappa shape index (κ2) is 9.16. The van der Waals surface area contributed by atoms with Gasteiger partial charge in [0, 0.05) is 30.6 Å². The number of anilines is 1. The number of carbonyl (C=O) groups is 1. The average Bonchev–Trinajstić information content (AvgIpc) is 2.65. The molecular weight excluding hydrogens is 366 g/mol. The molecule has 1 atom stereocenters. The highest BCUT2D eigenvalue weighted by atomic mass is 32.2. The van der Waals surface area contributed by atoms with Crippen LogP contribution in [0.2, 0.25) is 0 Å². The van der Waals surface area contributed by atoms with Crippen LogP contribution in [0.4, 0.5) is 5.69 Å². The van der Waals surface area contributed by atoms with Crippen molar-refractivity contribution in [2.24, 2.45) is 5.73 Å². The third kappa shape index (κ3) is 4.97. The Balaban J connectivity index is 2.43. The van der Waals surface area contributed by atoms with Crippen LogP contribution in [0.15, 0.2) is 41.3 Å². The van der Waals surface area contributed by atoms with Crippen molar-refractivity contribution in [2.45, 2.75) is 30.2 Å². The van der Waals surface area contributed by atoms with E-state index < -0.39 is 22.0 Å². The van der Waals surface area contributed by atoms with Gasteiger partial charge >= 0.3 is 5.97 Å². The number of sulfonamides is 1. The molecule has 0 aromatic heterocycles. The fourth-order valence-corrected chi connectivity index (χ4v) is 4.44. The first-order valence-electron chi connectivity index (χ1n) is 8.81. The molecule has 8 heteroatoms. The van der Waals surface area contributed by atoms with Gasteiger partial charge in [0.05, 0.1) is 12.0 Å². The molecule has 7 nitrogen and oxygen atoms in total. The first-order valence-corrected chi connectivity index (χ1v) is 10.3. The predicted molar refractivity (Wildman–Crippen MR) is 107 cm³/mol. The quantitative estimate of drug-likeness (QED) is 0.498. The largest absolute Gasteiger partial charge is 0.468 e. The minimum Gasteiger partial charge on any atom is -0.468 e. The molecule has 0 aliphatic heterocycles. The Kier molecular flexibility index (Phi) is 7.18. The smallest absolute Gasteiger partial charge is 0.323 e.